The first-order valence-corrected chi connectivity index (χ1v) is 6.24. The molecule has 1 aliphatic heterocycles. The summed E-state index contributed by atoms with van der Waals surface area (Å²) in [7, 11) is 0. The molecule has 0 spiro atoms. The zero-order valence-electron chi connectivity index (χ0n) is 11.1. The normalized spacial score (nSPS) is 22.8. The molecule has 1 rings (SSSR count). The van der Waals surface area contributed by atoms with Gasteiger partial charge in [0.15, 0.2) is 0 Å². The van der Waals surface area contributed by atoms with E-state index in [-0.39, 0.29) is 42.1 Å². The van der Waals surface area contributed by atoms with Crippen molar-refractivity contribution >= 4 is 24.2 Å². The summed E-state index contributed by atoms with van der Waals surface area (Å²) in [5, 5.41) is 0. The van der Waals surface area contributed by atoms with Crippen LogP contribution < -0.4 is 11.5 Å². The van der Waals surface area contributed by atoms with Gasteiger partial charge in [-0.1, -0.05) is 6.92 Å². The number of nitrogens with two attached hydrogens (primary N) is 2. The number of likely N-dealkylation sites (tertiary alicyclic amines) is 1. The molecule has 5 nitrogen and oxygen atoms in total. The van der Waals surface area contributed by atoms with Crippen molar-refractivity contribution in [1.29, 1.82) is 0 Å². The summed E-state index contributed by atoms with van der Waals surface area (Å²) in [5.41, 5.74) is 10.9. The predicted octanol–water partition coefficient (Wildman–Crippen LogP) is 0.506. The molecule has 0 radical (unpaired) electrons. The molecule has 0 aromatic heterocycles. The highest BCUT2D eigenvalue weighted by Gasteiger charge is 2.28. The second-order valence-electron chi connectivity index (χ2n) is 5.11. The van der Waals surface area contributed by atoms with Crippen LogP contribution in [0.2, 0.25) is 0 Å². The van der Waals surface area contributed by atoms with Gasteiger partial charge < -0.3 is 16.4 Å². The van der Waals surface area contributed by atoms with Crippen LogP contribution in [0.5, 0.6) is 0 Å². The van der Waals surface area contributed by atoms with Crippen LogP contribution in [-0.2, 0) is 9.59 Å². The molecular weight excluding hydrogens is 254 g/mol. The van der Waals surface area contributed by atoms with Crippen molar-refractivity contribution in [3.63, 3.8) is 0 Å². The lowest BCUT2D eigenvalue weighted by atomic mass is 9.93. The molecule has 0 aromatic rings. The number of hydrogen-bond acceptors (Lipinski definition) is 3. The Morgan fingerprint density at radius 2 is 2.00 bits per heavy atom. The molecule has 18 heavy (non-hydrogen) atoms. The highest BCUT2D eigenvalue weighted by Crippen LogP contribution is 2.21. The van der Waals surface area contributed by atoms with Crippen LogP contribution in [-0.4, -0.2) is 35.8 Å². The van der Waals surface area contributed by atoms with E-state index in [9.17, 15) is 9.59 Å². The monoisotopic (exact) mass is 277 g/mol. The fourth-order valence-corrected chi connectivity index (χ4v) is 2.23. The van der Waals surface area contributed by atoms with E-state index in [2.05, 4.69) is 0 Å². The molecule has 0 saturated carbocycles. The lowest BCUT2D eigenvalue weighted by Crippen LogP contribution is -2.46. The van der Waals surface area contributed by atoms with Crippen molar-refractivity contribution in [2.24, 2.45) is 23.3 Å². The maximum atomic E-state index is 12.1. The Bertz CT molecular complexity index is 297. The molecule has 1 fully saturated rings. The second-order valence-corrected chi connectivity index (χ2v) is 5.11. The summed E-state index contributed by atoms with van der Waals surface area (Å²) in [6.45, 7) is 5.10. The third kappa shape index (κ3) is 4.82. The van der Waals surface area contributed by atoms with Gasteiger partial charge in [0.25, 0.3) is 0 Å². The number of halogens is 1. The minimum Gasteiger partial charge on any atom is -0.370 e. The van der Waals surface area contributed by atoms with Gasteiger partial charge in [0.05, 0.1) is 5.92 Å². The summed E-state index contributed by atoms with van der Waals surface area (Å²) < 4.78 is 0. The molecule has 0 bridgehead atoms. The standard InChI is InChI=1S/C12H23N3O2.ClH/c1-8(9(2)13)12(17)15-5-3-4-10(7-15)6-11(14)16;/h8-10H,3-7,13H2,1-2H3,(H2,14,16);1H. The van der Waals surface area contributed by atoms with E-state index in [0.29, 0.717) is 13.0 Å². The number of carbonyl (C=O) groups is 2. The van der Waals surface area contributed by atoms with Crippen molar-refractivity contribution in [2.75, 3.05) is 13.1 Å². The zero-order valence-corrected chi connectivity index (χ0v) is 11.9. The number of hydrogen-bond donors (Lipinski definition) is 2. The Hall–Kier alpha value is -0.810. The average Bonchev–Trinajstić information content (AvgIpc) is 2.26. The maximum absolute atomic E-state index is 12.1. The van der Waals surface area contributed by atoms with E-state index in [1.807, 2.05) is 18.7 Å². The van der Waals surface area contributed by atoms with Crippen molar-refractivity contribution in [2.45, 2.75) is 39.2 Å². The largest absolute Gasteiger partial charge is 0.370 e. The van der Waals surface area contributed by atoms with Gasteiger partial charge in [-0.15, -0.1) is 12.4 Å². The molecular formula is C12H24ClN3O2. The molecule has 0 aromatic carbocycles. The fraction of sp³-hybridized carbons (Fsp3) is 0.833. The quantitative estimate of drug-likeness (QED) is 0.784. The first kappa shape index (κ1) is 17.2. The minimum atomic E-state index is -0.287. The van der Waals surface area contributed by atoms with E-state index < -0.39 is 0 Å². The topological polar surface area (TPSA) is 89.4 Å². The van der Waals surface area contributed by atoms with Crippen LogP contribution in [0.1, 0.15) is 33.1 Å². The van der Waals surface area contributed by atoms with Crippen LogP contribution in [0, 0.1) is 11.8 Å². The molecule has 1 heterocycles. The lowest BCUT2D eigenvalue weighted by molar-refractivity contribution is -0.138. The molecule has 3 unspecified atom stereocenters. The molecule has 106 valence electrons. The third-order valence-electron chi connectivity index (χ3n) is 3.50. The summed E-state index contributed by atoms with van der Waals surface area (Å²) in [5.74, 6) is -0.147. The van der Waals surface area contributed by atoms with Crippen molar-refractivity contribution in [1.82, 2.24) is 4.90 Å². The number of rotatable bonds is 4. The van der Waals surface area contributed by atoms with Crippen molar-refractivity contribution < 1.29 is 9.59 Å². The minimum absolute atomic E-state index is 0. The Labute approximate surface area is 115 Å². The van der Waals surface area contributed by atoms with Gasteiger partial charge in [0.1, 0.15) is 0 Å². The van der Waals surface area contributed by atoms with Crippen molar-refractivity contribution in [3.05, 3.63) is 0 Å². The smallest absolute Gasteiger partial charge is 0.226 e. The Morgan fingerprint density at radius 1 is 1.39 bits per heavy atom. The first-order chi connectivity index (χ1) is 7.91. The van der Waals surface area contributed by atoms with Gasteiger partial charge in [0, 0.05) is 25.6 Å². The predicted molar refractivity (Wildman–Crippen MR) is 73.2 cm³/mol. The Morgan fingerprint density at radius 3 is 2.50 bits per heavy atom. The van der Waals surface area contributed by atoms with E-state index in [1.165, 1.54) is 0 Å². The van der Waals surface area contributed by atoms with E-state index in [1.54, 1.807) is 0 Å². The van der Waals surface area contributed by atoms with Gasteiger partial charge in [-0.25, -0.2) is 0 Å². The molecule has 2 amide bonds. The van der Waals surface area contributed by atoms with Gasteiger partial charge in [-0.2, -0.15) is 0 Å². The van der Waals surface area contributed by atoms with Gasteiger partial charge >= 0.3 is 0 Å². The van der Waals surface area contributed by atoms with Crippen LogP contribution in [0.4, 0.5) is 0 Å². The van der Waals surface area contributed by atoms with Crippen molar-refractivity contribution in [3.8, 4) is 0 Å². The first-order valence-electron chi connectivity index (χ1n) is 6.24. The van der Waals surface area contributed by atoms with Crippen LogP contribution >= 0.6 is 12.4 Å². The average molecular weight is 278 g/mol. The number of carbonyl (C=O) groups excluding carboxylic acids is 2. The Kier molecular flexibility index (Phi) is 7.25. The number of amides is 2. The van der Waals surface area contributed by atoms with Crippen LogP contribution in [0.25, 0.3) is 0 Å². The van der Waals surface area contributed by atoms with E-state index in [0.717, 1.165) is 19.4 Å². The van der Waals surface area contributed by atoms with Gasteiger partial charge in [-0.3, -0.25) is 9.59 Å². The molecule has 3 atom stereocenters. The second kappa shape index (κ2) is 7.59. The zero-order chi connectivity index (χ0) is 13.0. The lowest BCUT2D eigenvalue weighted by Gasteiger charge is -2.34. The number of nitrogens with zero attached hydrogens (tertiary/aromatic N) is 1. The third-order valence-corrected chi connectivity index (χ3v) is 3.50. The summed E-state index contributed by atoms with van der Waals surface area (Å²) in [4.78, 5) is 24.8. The van der Waals surface area contributed by atoms with Crippen LogP contribution in [0.3, 0.4) is 0 Å². The SMILES string of the molecule is CC(N)C(C)C(=O)N1CCCC(CC(N)=O)C1.Cl. The van der Waals surface area contributed by atoms with Gasteiger partial charge in [-0.05, 0) is 25.7 Å². The summed E-state index contributed by atoms with van der Waals surface area (Å²) in [6, 6.07) is -0.140. The maximum Gasteiger partial charge on any atom is 0.226 e. The highest BCUT2D eigenvalue weighted by atomic mass is 35.5. The number of primary amides is 1. The summed E-state index contributed by atoms with van der Waals surface area (Å²) in [6.07, 6.45) is 2.28. The molecule has 0 aliphatic carbocycles. The fourth-order valence-electron chi connectivity index (χ4n) is 2.23. The Balaban J connectivity index is 0.00000289. The van der Waals surface area contributed by atoms with E-state index in [4.69, 9.17) is 11.5 Å². The number of piperidine rings is 1. The summed E-state index contributed by atoms with van der Waals surface area (Å²) >= 11 is 0. The molecule has 6 heteroatoms. The molecule has 1 saturated heterocycles. The van der Waals surface area contributed by atoms with Gasteiger partial charge in [0.2, 0.25) is 11.8 Å². The van der Waals surface area contributed by atoms with Crippen LogP contribution in [0.15, 0.2) is 0 Å². The highest BCUT2D eigenvalue weighted by molar-refractivity contribution is 5.85. The molecule has 1 aliphatic rings. The molecule has 4 N–H and O–H groups in total. The van der Waals surface area contributed by atoms with E-state index >= 15 is 0 Å².